The highest BCUT2D eigenvalue weighted by Gasteiger charge is 2.15. The van der Waals surface area contributed by atoms with Crippen molar-refractivity contribution in [2.24, 2.45) is 0 Å². The van der Waals surface area contributed by atoms with E-state index in [1.807, 2.05) is 43.3 Å². The van der Waals surface area contributed by atoms with Crippen LogP contribution in [0.1, 0.15) is 23.1 Å². The summed E-state index contributed by atoms with van der Waals surface area (Å²) in [4.78, 5) is 16.0. The number of hydrogen-bond donors (Lipinski definition) is 1. The average Bonchev–Trinajstić information content (AvgIpc) is 2.85. The van der Waals surface area contributed by atoms with Crippen molar-refractivity contribution in [3.05, 3.63) is 47.8 Å². The second-order valence-corrected chi connectivity index (χ2v) is 4.33. The van der Waals surface area contributed by atoms with Gasteiger partial charge in [0.2, 0.25) is 0 Å². The number of fused-ring (bicyclic) bond motifs is 1. The topological polar surface area (TPSA) is 50.2 Å². The van der Waals surface area contributed by atoms with Crippen molar-refractivity contribution in [1.82, 2.24) is 14.6 Å². The molecule has 0 bridgehead atoms. The van der Waals surface area contributed by atoms with Gasteiger partial charge in [-0.2, -0.15) is 0 Å². The zero-order chi connectivity index (χ0) is 12.7. The molecule has 0 amide bonds. The van der Waals surface area contributed by atoms with Gasteiger partial charge in [-0.15, -0.1) is 0 Å². The Kier molecular flexibility index (Phi) is 2.30. The summed E-state index contributed by atoms with van der Waals surface area (Å²) in [6, 6.07) is 11.9. The molecule has 0 unspecified atom stereocenters. The maximum absolute atomic E-state index is 11.6. The molecule has 0 aliphatic carbocycles. The van der Waals surface area contributed by atoms with Crippen molar-refractivity contribution in [2.75, 3.05) is 0 Å². The molecule has 1 aromatic carbocycles. The summed E-state index contributed by atoms with van der Waals surface area (Å²) >= 11 is 0. The van der Waals surface area contributed by atoms with Crippen molar-refractivity contribution < 1.29 is 4.79 Å². The van der Waals surface area contributed by atoms with Crippen molar-refractivity contribution in [2.45, 2.75) is 13.8 Å². The van der Waals surface area contributed by atoms with Crippen LogP contribution in [0.25, 0.3) is 16.9 Å². The molecule has 0 saturated heterocycles. The number of nitrogens with one attached hydrogen (secondary N) is 1. The Hall–Kier alpha value is -2.36. The standard InChI is InChI=1S/C14H13N3O/c1-9-14(10(2)18)17-13(15-9)8-12(16-17)11-6-4-3-5-7-11/h3-8,16H,1-2H3. The van der Waals surface area contributed by atoms with Gasteiger partial charge in [0.15, 0.2) is 11.4 Å². The molecule has 90 valence electrons. The summed E-state index contributed by atoms with van der Waals surface area (Å²) < 4.78 is 1.75. The molecule has 3 aromatic rings. The van der Waals surface area contributed by atoms with Gasteiger partial charge in [-0.25, -0.2) is 9.50 Å². The first-order valence-corrected chi connectivity index (χ1v) is 5.81. The number of carbonyl (C=O) groups is 1. The first-order chi connectivity index (χ1) is 8.66. The number of Topliss-reactive ketones (excluding diaryl/α,β-unsaturated/α-hetero) is 1. The van der Waals surface area contributed by atoms with Crippen molar-refractivity contribution in [3.63, 3.8) is 0 Å². The second kappa shape index (κ2) is 3.84. The van der Waals surface area contributed by atoms with Crippen LogP contribution in [0.5, 0.6) is 0 Å². The van der Waals surface area contributed by atoms with E-state index in [2.05, 4.69) is 10.1 Å². The smallest absolute Gasteiger partial charge is 0.180 e. The Morgan fingerprint density at radius 2 is 2.00 bits per heavy atom. The van der Waals surface area contributed by atoms with E-state index in [0.717, 1.165) is 22.6 Å². The molecule has 4 nitrogen and oxygen atoms in total. The summed E-state index contributed by atoms with van der Waals surface area (Å²) in [5.74, 6) is 0.0152. The number of hydrogen-bond acceptors (Lipinski definition) is 2. The normalized spacial score (nSPS) is 11.0. The van der Waals surface area contributed by atoms with Gasteiger partial charge in [0, 0.05) is 13.0 Å². The van der Waals surface area contributed by atoms with Crippen LogP contribution in [0, 0.1) is 6.92 Å². The van der Waals surface area contributed by atoms with E-state index < -0.39 is 0 Å². The number of rotatable bonds is 2. The van der Waals surface area contributed by atoms with Crippen LogP contribution in [0.2, 0.25) is 0 Å². The molecule has 3 rings (SSSR count). The number of carbonyl (C=O) groups excluding carboxylic acids is 1. The number of benzene rings is 1. The van der Waals surface area contributed by atoms with E-state index in [1.165, 1.54) is 0 Å². The molecule has 18 heavy (non-hydrogen) atoms. The summed E-state index contributed by atoms with van der Waals surface area (Å²) in [5, 5.41) is 3.22. The lowest BCUT2D eigenvalue weighted by atomic mass is 10.2. The highest BCUT2D eigenvalue weighted by Crippen LogP contribution is 2.21. The van der Waals surface area contributed by atoms with E-state index in [0.29, 0.717) is 5.69 Å². The molecule has 1 N–H and O–H groups in total. The van der Waals surface area contributed by atoms with Crippen LogP contribution >= 0.6 is 0 Å². The summed E-state index contributed by atoms with van der Waals surface area (Å²) in [5.41, 5.74) is 4.19. The van der Waals surface area contributed by atoms with E-state index in [1.54, 1.807) is 11.4 Å². The molecule has 0 atom stereocenters. The van der Waals surface area contributed by atoms with Gasteiger partial charge in [-0.3, -0.25) is 9.89 Å². The van der Waals surface area contributed by atoms with E-state index in [-0.39, 0.29) is 5.78 Å². The van der Waals surface area contributed by atoms with E-state index in [9.17, 15) is 4.79 Å². The number of nitrogens with zero attached hydrogens (tertiary/aromatic N) is 2. The predicted octanol–water partition coefficient (Wildman–Crippen LogP) is 2.84. The van der Waals surface area contributed by atoms with Crippen LogP contribution in [0.4, 0.5) is 0 Å². The minimum absolute atomic E-state index is 0.0152. The number of aromatic amines is 1. The van der Waals surface area contributed by atoms with Gasteiger partial charge in [0.05, 0.1) is 11.4 Å². The van der Waals surface area contributed by atoms with Crippen molar-refractivity contribution in [1.29, 1.82) is 0 Å². The third-order valence-electron chi connectivity index (χ3n) is 3.00. The van der Waals surface area contributed by atoms with Gasteiger partial charge < -0.3 is 0 Å². The molecule has 2 heterocycles. The Labute approximate surface area is 104 Å². The highest BCUT2D eigenvalue weighted by atomic mass is 16.1. The second-order valence-electron chi connectivity index (χ2n) is 4.33. The number of aromatic nitrogens is 3. The van der Waals surface area contributed by atoms with Gasteiger partial charge in [0.25, 0.3) is 0 Å². The average molecular weight is 239 g/mol. The zero-order valence-electron chi connectivity index (χ0n) is 10.3. The van der Waals surface area contributed by atoms with Crippen LogP contribution in [-0.4, -0.2) is 20.4 Å². The van der Waals surface area contributed by atoms with Crippen LogP contribution in [0.3, 0.4) is 0 Å². The molecule has 0 radical (unpaired) electrons. The molecule has 0 spiro atoms. The zero-order valence-corrected chi connectivity index (χ0v) is 10.3. The van der Waals surface area contributed by atoms with Gasteiger partial charge in [0.1, 0.15) is 5.69 Å². The number of imidazole rings is 1. The van der Waals surface area contributed by atoms with Gasteiger partial charge >= 0.3 is 0 Å². The molecular formula is C14H13N3O. The fraction of sp³-hybridized carbons (Fsp3) is 0.143. The summed E-state index contributed by atoms with van der Waals surface area (Å²) in [6.07, 6.45) is 0. The maximum atomic E-state index is 11.6. The fourth-order valence-electron chi connectivity index (χ4n) is 2.22. The van der Waals surface area contributed by atoms with E-state index >= 15 is 0 Å². The molecule has 0 fully saturated rings. The quantitative estimate of drug-likeness (QED) is 0.699. The first-order valence-electron chi connectivity index (χ1n) is 5.81. The Morgan fingerprint density at radius 3 is 2.67 bits per heavy atom. The third kappa shape index (κ3) is 1.54. The van der Waals surface area contributed by atoms with Crippen LogP contribution in [0.15, 0.2) is 36.4 Å². The maximum Gasteiger partial charge on any atom is 0.180 e. The predicted molar refractivity (Wildman–Crippen MR) is 69.7 cm³/mol. The highest BCUT2D eigenvalue weighted by molar-refractivity contribution is 5.94. The molecule has 4 heteroatoms. The Morgan fingerprint density at radius 1 is 1.28 bits per heavy atom. The van der Waals surface area contributed by atoms with Crippen molar-refractivity contribution in [3.8, 4) is 11.3 Å². The van der Waals surface area contributed by atoms with Crippen LogP contribution < -0.4 is 0 Å². The Bertz CT molecular complexity index is 722. The fourth-order valence-corrected chi connectivity index (χ4v) is 2.22. The first kappa shape index (κ1) is 10.8. The molecule has 0 saturated carbocycles. The Balaban J connectivity index is 2.21. The van der Waals surface area contributed by atoms with Gasteiger partial charge in [-0.05, 0) is 12.5 Å². The largest absolute Gasteiger partial charge is 0.293 e. The third-order valence-corrected chi connectivity index (χ3v) is 3.00. The molecule has 0 aliphatic rings. The number of aryl methyl sites for hydroxylation is 1. The molecule has 0 aliphatic heterocycles. The van der Waals surface area contributed by atoms with Crippen molar-refractivity contribution >= 4 is 11.4 Å². The summed E-state index contributed by atoms with van der Waals surface area (Å²) in [6.45, 7) is 3.40. The number of H-pyrrole nitrogens is 1. The van der Waals surface area contributed by atoms with E-state index in [4.69, 9.17) is 0 Å². The lowest BCUT2D eigenvalue weighted by Crippen LogP contribution is -2.01. The number of ketones is 1. The minimum atomic E-state index is 0.0152. The lowest BCUT2D eigenvalue weighted by Gasteiger charge is -1.98. The van der Waals surface area contributed by atoms with Gasteiger partial charge in [-0.1, -0.05) is 30.3 Å². The molecule has 2 aromatic heterocycles. The summed E-state index contributed by atoms with van der Waals surface area (Å²) in [7, 11) is 0. The molecular weight excluding hydrogens is 226 g/mol. The van der Waals surface area contributed by atoms with Crippen LogP contribution in [-0.2, 0) is 0 Å². The minimum Gasteiger partial charge on any atom is -0.293 e. The SMILES string of the molecule is CC(=O)c1c(C)nc2cc(-c3ccccc3)[nH]n12. The lowest BCUT2D eigenvalue weighted by molar-refractivity contribution is 0.101. The monoisotopic (exact) mass is 239 g/mol.